The molecule has 0 saturated heterocycles. The minimum atomic E-state index is 0.322. The second-order valence-corrected chi connectivity index (χ2v) is 3.88. The van der Waals surface area contributed by atoms with Crippen molar-refractivity contribution < 1.29 is 0 Å². The van der Waals surface area contributed by atoms with E-state index in [0.29, 0.717) is 23.4 Å². The summed E-state index contributed by atoms with van der Waals surface area (Å²) in [6, 6.07) is 0.322. The highest BCUT2D eigenvalue weighted by Crippen LogP contribution is 2.21. The Morgan fingerprint density at radius 2 is 2.29 bits per heavy atom. The van der Waals surface area contributed by atoms with Crippen LogP contribution in [-0.4, -0.2) is 25.6 Å². The third-order valence-electron chi connectivity index (χ3n) is 2.61. The van der Waals surface area contributed by atoms with Gasteiger partial charge in [-0.15, -0.1) is 0 Å². The van der Waals surface area contributed by atoms with Gasteiger partial charge < -0.3 is 11.1 Å². The molecule has 6 heteroatoms. The molecule has 0 aliphatic carbocycles. The molecule has 0 spiro atoms. The Morgan fingerprint density at radius 3 is 2.94 bits per heavy atom. The van der Waals surface area contributed by atoms with Gasteiger partial charge in [0.15, 0.2) is 11.6 Å². The molecule has 2 aromatic heterocycles. The lowest BCUT2D eigenvalue weighted by atomic mass is 10.2. The first-order valence-corrected chi connectivity index (χ1v) is 5.57. The highest BCUT2D eigenvalue weighted by molar-refractivity contribution is 5.69. The number of nitrogens with zero attached hydrogens (tertiary/aromatic N) is 4. The van der Waals surface area contributed by atoms with Crippen LogP contribution in [0, 0.1) is 0 Å². The van der Waals surface area contributed by atoms with Crippen LogP contribution in [0.25, 0.3) is 5.82 Å². The molecule has 1 unspecified atom stereocenters. The summed E-state index contributed by atoms with van der Waals surface area (Å²) in [5, 5.41) is 3.25. The van der Waals surface area contributed by atoms with Gasteiger partial charge in [0, 0.05) is 18.4 Å². The lowest BCUT2D eigenvalue weighted by molar-refractivity contribution is 0.758. The van der Waals surface area contributed by atoms with Crippen LogP contribution in [0.4, 0.5) is 11.5 Å². The van der Waals surface area contributed by atoms with Crippen LogP contribution in [0.1, 0.15) is 20.3 Å². The summed E-state index contributed by atoms with van der Waals surface area (Å²) in [4.78, 5) is 12.3. The van der Waals surface area contributed by atoms with Gasteiger partial charge in [0.05, 0.1) is 0 Å². The highest BCUT2D eigenvalue weighted by atomic mass is 15.1. The summed E-state index contributed by atoms with van der Waals surface area (Å²) in [5.41, 5.74) is 6.57. The van der Waals surface area contributed by atoms with Crippen LogP contribution in [-0.2, 0) is 0 Å². The average molecular weight is 232 g/mol. The number of hydrogen-bond donors (Lipinski definition) is 2. The molecular weight excluding hydrogens is 216 g/mol. The van der Waals surface area contributed by atoms with E-state index < -0.39 is 0 Å². The molecule has 1 atom stereocenters. The molecule has 2 heterocycles. The van der Waals surface area contributed by atoms with Gasteiger partial charge in [0.2, 0.25) is 0 Å². The Labute approximate surface area is 99.9 Å². The Balaban J connectivity index is 2.34. The molecular formula is C11H16N6. The Morgan fingerprint density at radius 1 is 1.47 bits per heavy atom. The van der Waals surface area contributed by atoms with Gasteiger partial charge in [-0.05, 0) is 13.3 Å². The van der Waals surface area contributed by atoms with Crippen molar-refractivity contribution in [3.05, 3.63) is 25.0 Å². The predicted molar refractivity (Wildman–Crippen MR) is 66.9 cm³/mol. The van der Waals surface area contributed by atoms with Crippen molar-refractivity contribution in [2.75, 3.05) is 11.1 Å². The molecule has 0 aromatic carbocycles. The summed E-state index contributed by atoms with van der Waals surface area (Å²) in [5.74, 6) is 1.31. The summed E-state index contributed by atoms with van der Waals surface area (Å²) < 4.78 is 1.76. The van der Waals surface area contributed by atoms with Crippen molar-refractivity contribution >= 4 is 11.5 Å². The SMILES string of the molecule is CCC(C)Nc1ncnc(-n2ccnc2)c1N. The average Bonchev–Trinajstić information content (AvgIpc) is 2.85. The predicted octanol–water partition coefficient (Wildman–Crippen LogP) is 1.45. The minimum absolute atomic E-state index is 0.322. The molecule has 0 bridgehead atoms. The summed E-state index contributed by atoms with van der Waals surface area (Å²) >= 11 is 0. The molecule has 0 amide bonds. The van der Waals surface area contributed by atoms with Crippen LogP contribution >= 0.6 is 0 Å². The smallest absolute Gasteiger partial charge is 0.166 e. The van der Waals surface area contributed by atoms with E-state index in [2.05, 4.69) is 34.1 Å². The zero-order valence-corrected chi connectivity index (χ0v) is 9.96. The van der Waals surface area contributed by atoms with Gasteiger partial charge in [-0.25, -0.2) is 15.0 Å². The molecule has 6 nitrogen and oxygen atoms in total. The summed E-state index contributed by atoms with van der Waals surface area (Å²) in [6.07, 6.45) is 7.64. The van der Waals surface area contributed by atoms with Crippen molar-refractivity contribution in [1.29, 1.82) is 0 Å². The first-order chi connectivity index (χ1) is 8.22. The molecule has 17 heavy (non-hydrogen) atoms. The first kappa shape index (κ1) is 11.4. The van der Waals surface area contributed by atoms with Crippen LogP contribution in [0.15, 0.2) is 25.0 Å². The standard InChI is InChI=1S/C11H16N6/c1-3-8(2)16-10-9(12)11(15-6-14-10)17-5-4-13-7-17/h4-8H,3,12H2,1-2H3,(H,14,15,16). The number of nitrogen functional groups attached to an aromatic ring is 1. The first-order valence-electron chi connectivity index (χ1n) is 5.57. The normalized spacial score (nSPS) is 12.4. The van der Waals surface area contributed by atoms with Gasteiger partial charge in [-0.1, -0.05) is 6.92 Å². The lowest BCUT2D eigenvalue weighted by Gasteiger charge is -2.15. The van der Waals surface area contributed by atoms with E-state index in [4.69, 9.17) is 5.73 Å². The second-order valence-electron chi connectivity index (χ2n) is 3.88. The van der Waals surface area contributed by atoms with E-state index in [9.17, 15) is 0 Å². The molecule has 0 fully saturated rings. The van der Waals surface area contributed by atoms with Gasteiger partial charge >= 0.3 is 0 Å². The lowest BCUT2D eigenvalue weighted by Crippen LogP contribution is -2.17. The zero-order valence-electron chi connectivity index (χ0n) is 9.96. The van der Waals surface area contributed by atoms with Crippen molar-refractivity contribution in [1.82, 2.24) is 19.5 Å². The maximum atomic E-state index is 6.04. The van der Waals surface area contributed by atoms with Crippen molar-refractivity contribution in [3.8, 4) is 5.82 Å². The maximum absolute atomic E-state index is 6.04. The van der Waals surface area contributed by atoms with Crippen molar-refractivity contribution in [3.63, 3.8) is 0 Å². The number of anilines is 2. The van der Waals surface area contributed by atoms with Gasteiger partial charge in [-0.3, -0.25) is 4.57 Å². The molecule has 0 radical (unpaired) electrons. The Bertz CT molecular complexity index is 479. The Kier molecular flexibility index (Phi) is 3.22. The van der Waals surface area contributed by atoms with E-state index in [0.717, 1.165) is 6.42 Å². The monoisotopic (exact) mass is 232 g/mol. The fourth-order valence-electron chi connectivity index (χ4n) is 1.43. The molecule has 3 N–H and O–H groups in total. The number of nitrogens with one attached hydrogen (secondary N) is 1. The number of aromatic nitrogens is 4. The topological polar surface area (TPSA) is 81.7 Å². The molecule has 90 valence electrons. The van der Waals surface area contributed by atoms with E-state index in [1.807, 2.05) is 0 Å². The quantitative estimate of drug-likeness (QED) is 0.833. The third-order valence-corrected chi connectivity index (χ3v) is 2.61. The molecule has 2 aromatic rings. The number of rotatable bonds is 4. The van der Waals surface area contributed by atoms with Crippen LogP contribution < -0.4 is 11.1 Å². The van der Waals surface area contributed by atoms with Crippen LogP contribution in [0.2, 0.25) is 0 Å². The van der Waals surface area contributed by atoms with E-state index in [1.54, 1.807) is 23.3 Å². The highest BCUT2D eigenvalue weighted by Gasteiger charge is 2.10. The maximum Gasteiger partial charge on any atom is 0.166 e. The molecule has 0 aliphatic heterocycles. The Hall–Kier alpha value is -2.11. The van der Waals surface area contributed by atoms with E-state index >= 15 is 0 Å². The summed E-state index contributed by atoms with van der Waals surface area (Å²) in [6.45, 7) is 4.18. The number of imidazole rings is 1. The number of hydrogen-bond acceptors (Lipinski definition) is 5. The second kappa shape index (κ2) is 4.82. The minimum Gasteiger partial charge on any atom is -0.393 e. The van der Waals surface area contributed by atoms with Crippen LogP contribution in [0.5, 0.6) is 0 Å². The largest absolute Gasteiger partial charge is 0.393 e. The molecule has 0 saturated carbocycles. The van der Waals surface area contributed by atoms with Crippen molar-refractivity contribution in [2.45, 2.75) is 26.3 Å². The number of nitrogens with two attached hydrogens (primary N) is 1. The van der Waals surface area contributed by atoms with Gasteiger partial charge in [0.1, 0.15) is 18.3 Å². The van der Waals surface area contributed by atoms with E-state index in [-0.39, 0.29) is 0 Å². The summed E-state index contributed by atoms with van der Waals surface area (Å²) in [7, 11) is 0. The third kappa shape index (κ3) is 2.35. The van der Waals surface area contributed by atoms with Crippen LogP contribution in [0.3, 0.4) is 0 Å². The van der Waals surface area contributed by atoms with Crippen molar-refractivity contribution in [2.24, 2.45) is 0 Å². The zero-order chi connectivity index (χ0) is 12.3. The molecule has 2 rings (SSSR count). The molecule has 0 aliphatic rings. The fourth-order valence-corrected chi connectivity index (χ4v) is 1.43. The van der Waals surface area contributed by atoms with E-state index in [1.165, 1.54) is 6.33 Å². The van der Waals surface area contributed by atoms with Gasteiger partial charge in [-0.2, -0.15) is 0 Å². The van der Waals surface area contributed by atoms with Gasteiger partial charge in [0.25, 0.3) is 0 Å². The fraction of sp³-hybridized carbons (Fsp3) is 0.364.